The zero-order chi connectivity index (χ0) is 13.9. The second-order valence-corrected chi connectivity index (χ2v) is 4.52. The molecule has 19 heavy (non-hydrogen) atoms. The Morgan fingerprint density at radius 3 is 2.68 bits per heavy atom. The zero-order valence-corrected chi connectivity index (χ0v) is 10.6. The molecule has 1 unspecified atom stereocenters. The van der Waals surface area contributed by atoms with Gasteiger partial charge in [-0.15, -0.1) is 0 Å². The second kappa shape index (κ2) is 5.11. The van der Waals surface area contributed by atoms with Gasteiger partial charge in [0.15, 0.2) is 0 Å². The van der Waals surface area contributed by atoms with Crippen molar-refractivity contribution in [2.45, 2.75) is 12.5 Å². The fourth-order valence-corrected chi connectivity index (χ4v) is 1.78. The van der Waals surface area contributed by atoms with E-state index in [-0.39, 0.29) is 24.0 Å². The molecule has 1 aromatic heterocycles. The zero-order valence-electron chi connectivity index (χ0n) is 10.6. The number of carbonyl (C=O) groups is 1. The third-order valence-electron chi connectivity index (χ3n) is 2.96. The number of aromatic nitrogens is 2. The van der Waals surface area contributed by atoms with Crippen LogP contribution in [-0.2, 0) is 5.54 Å². The number of aliphatic hydroxyl groups is 1. The Morgan fingerprint density at radius 2 is 2.16 bits per heavy atom. The van der Waals surface area contributed by atoms with Crippen LogP contribution in [0.15, 0.2) is 36.4 Å². The molecule has 6 heteroatoms. The van der Waals surface area contributed by atoms with E-state index in [1.807, 2.05) is 30.3 Å². The number of aliphatic hydroxyl groups excluding tert-OH is 1. The normalized spacial score (nSPS) is 13.8. The van der Waals surface area contributed by atoms with E-state index in [1.54, 1.807) is 6.92 Å². The van der Waals surface area contributed by atoms with E-state index in [1.165, 1.54) is 6.07 Å². The molecule has 0 bridgehead atoms. The maximum Gasteiger partial charge on any atom is 0.270 e. The van der Waals surface area contributed by atoms with Crippen molar-refractivity contribution >= 4 is 11.7 Å². The van der Waals surface area contributed by atoms with Crippen LogP contribution in [0.1, 0.15) is 23.0 Å². The van der Waals surface area contributed by atoms with Gasteiger partial charge in [-0.25, -0.2) is 0 Å². The number of carbonyl (C=O) groups excluding carboxylic acids is 1. The number of H-pyrrole nitrogens is 1. The summed E-state index contributed by atoms with van der Waals surface area (Å²) in [6.07, 6.45) is 0. The molecule has 0 saturated carbocycles. The number of amides is 1. The number of rotatable bonds is 4. The van der Waals surface area contributed by atoms with E-state index in [2.05, 4.69) is 15.5 Å². The van der Waals surface area contributed by atoms with Crippen molar-refractivity contribution in [1.29, 1.82) is 0 Å². The Kier molecular flexibility index (Phi) is 3.52. The minimum absolute atomic E-state index is 0.216. The van der Waals surface area contributed by atoms with Gasteiger partial charge in [-0.3, -0.25) is 9.89 Å². The summed E-state index contributed by atoms with van der Waals surface area (Å²) in [5.41, 5.74) is 5.66. The minimum atomic E-state index is -0.863. The lowest BCUT2D eigenvalue weighted by molar-refractivity contribution is 0.0844. The Bertz CT molecular complexity index is 567. The van der Waals surface area contributed by atoms with Crippen LogP contribution in [0.4, 0.5) is 5.82 Å². The molecular formula is C13H16N4O2. The maximum atomic E-state index is 12.1. The first kappa shape index (κ1) is 13.1. The third-order valence-corrected chi connectivity index (χ3v) is 2.96. The van der Waals surface area contributed by atoms with Crippen LogP contribution in [-0.4, -0.2) is 27.8 Å². The Morgan fingerprint density at radius 1 is 1.47 bits per heavy atom. The standard InChI is InChI=1S/C13H16N4O2/c1-13(8-18,9-5-3-2-4-6-9)15-12(19)10-7-11(14)17-16-10/h2-7,18H,8H2,1H3,(H,15,19)(H3,14,16,17). The van der Waals surface area contributed by atoms with Crippen molar-refractivity contribution in [3.63, 3.8) is 0 Å². The molecule has 0 saturated heterocycles. The maximum absolute atomic E-state index is 12.1. The second-order valence-electron chi connectivity index (χ2n) is 4.52. The summed E-state index contributed by atoms with van der Waals surface area (Å²) in [5, 5.41) is 18.6. The smallest absolute Gasteiger partial charge is 0.270 e. The molecule has 1 heterocycles. The molecule has 2 rings (SSSR count). The Hall–Kier alpha value is -2.34. The van der Waals surface area contributed by atoms with Gasteiger partial charge >= 0.3 is 0 Å². The average Bonchev–Trinajstić information content (AvgIpc) is 2.86. The molecule has 0 spiro atoms. The van der Waals surface area contributed by atoms with Crippen LogP contribution in [0.25, 0.3) is 0 Å². The quantitative estimate of drug-likeness (QED) is 0.647. The number of nitrogens with zero attached hydrogens (tertiary/aromatic N) is 1. The number of nitrogens with two attached hydrogens (primary N) is 1. The van der Waals surface area contributed by atoms with Crippen molar-refractivity contribution in [2.24, 2.45) is 0 Å². The van der Waals surface area contributed by atoms with E-state index in [4.69, 9.17) is 5.73 Å². The molecule has 6 nitrogen and oxygen atoms in total. The molecule has 0 aliphatic carbocycles. The van der Waals surface area contributed by atoms with E-state index in [0.29, 0.717) is 0 Å². The van der Waals surface area contributed by atoms with E-state index < -0.39 is 5.54 Å². The molecular weight excluding hydrogens is 244 g/mol. The predicted molar refractivity (Wildman–Crippen MR) is 71.3 cm³/mol. The van der Waals surface area contributed by atoms with E-state index in [9.17, 15) is 9.90 Å². The van der Waals surface area contributed by atoms with Crippen LogP contribution in [0, 0.1) is 0 Å². The number of nitrogen functional groups attached to an aromatic ring is 1. The number of hydrogen-bond donors (Lipinski definition) is 4. The van der Waals surface area contributed by atoms with Gasteiger partial charge in [-0.1, -0.05) is 30.3 Å². The minimum Gasteiger partial charge on any atom is -0.394 e. The van der Waals surface area contributed by atoms with Gasteiger partial charge in [0.25, 0.3) is 5.91 Å². The molecule has 1 atom stereocenters. The number of anilines is 1. The summed E-state index contributed by atoms with van der Waals surface area (Å²) >= 11 is 0. The molecule has 100 valence electrons. The molecule has 0 radical (unpaired) electrons. The topological polar surface area (TPSA) is 104 Å². The van der Waals surface area contributed by atoms with Crippen molar-refractivity contribution in [1.82, 2.24) is 15.5 Å². The van der Waals surface area contributed by atoms with Gasteiger partial charge in [0, 0.05) is 6.07 Å². The number of aromatic amines is 1. The summed E-state index contributed by atoms with van der Waals surface area (Å²) in [5.74, 6) is -0.125. The lowest BCUT2D eigenvalue weighted by atomic mass is 9.93. The Balaban J connectivity index is 2.22. The first-order chi connectivity index (χ1) is 9.05. The lowest BCUT2D eigenvalue weighted by Crippen LogP contribution is -2.46. The highest BCUT2D eigenvalue weighted by atomic mass is 16.3. The van der Waals surface area contributed by atoms with Crippen LogP contribution in [0.3, 0.4) is 0 Å². The van der Waals surface area contributed by atoms with Crippen molar-refractivity contribution in [2.75, 3.05) is 12.3 Å². The monoisotopic (exact) mass is 260 g/mol. The summed E-state index contributed by atoms with van der Waals surface area (Å²) in [6, 6.07) is 10.7. The van der Waals surface area contributed by atoms with Crippen molar-refractivity contribution in [3.8, 4) is 0 Å². The largest absolute Gasteiger partial charge is 0.394 e. The highest BCUT2D eigenvalue weighted by Gasteiger charge is 2.28. The van der Waals surface area contributed by atoms with Gasteiger partial charge in [0.05, 0.1) is 12.1 Å². The van der Waals surface area contributed by atoms with Gasteiger partial charge in [0.2, 0.25) is 0 Å². The molecule has 2 aromatic rings. The first-order valence-corrected chi connectivity index (χ1v) is 5.85. The number of benzene rings is 1. The fraction of sp³-hybridized carbons (Fsp3) is 0.231. The van der Waals surface area contributed by atoms with Crippen molar-refractivity contribution < 1.29 is 9.90 Å². The predicted octanol–water partition coefficient (Wildman–Crippen LogP) is 0.629. The van der Waals surface area contributed by atoms with E-state index >= 15 is 0 Å². The van der Waals surface area contributed by atoms with E-state index in [0.717, 1.165) is 5.56 Å². The van der Waals surface area contributed by atoms with Crippen LogP contribution in [0.2, 0.25) is 0 Å². The molecule has 0 aliphatic rings. The lowest BCUT2D eigenvalue weighted by Gasteiger charge is -2.29. The van der Waals surface area contributed by atoms with Crippen LogP contribution >= 0.6 is 0 Å². The highest BCUT2D eigenvalue weighted by molar-refractivity contribution is 5.93. The summed E-state index contributed by atoms with van der Waals surface area (Å²) < 4.78 is 0. The van der Waals surface area contributed by atoms with Crippen molar-refractivity contribution in [3.05, 3.63) is 47.7 Å². The SMILES string of the molecule is CC(CO)(NC(=O)c1cc(N)n[nH]1)c1ccccc1. The van der Waals surface area contributed by atoms with Crippen LogP contribution < -0.4 is 11.1 Å². The number of nitrogens with one attached hydrogen (secondary N) is 2. The first-order valence-electron chi connectivity index (χ1n) is 5.85. The molecule has 0 fully saturated rings. The van der Waals surface area contributed by atoms with Gasteiger partial charge < -0.3 is 16.2 Å². The summed E-state index contributed by atoms with van der Waals surface area (Å²) in [6.45, 7) is 1.53. The molecule has 1 amide bonds. The van der Waals surface area contributed by atoms with Gasteiger partial charge in [-0.05, 0) is 12.5 Å². The Labute approximate surface area is 110 Å². The van der Waals surface area contributed by atoms with Gasteiger partial charge in [0.1, 0.15) is 11.5 Å². The molecule has 0 aliphatic heterocycles. The molecule has 1 aromatic carbocycles. The average molecular weight is 260 g/mol. The van der Waals surface area contributed by atoms with Crippen LogP contribution in [0.5, 0.6) is 0 Å². The molecule has 5 N–H and O–H groups in total. The summed E-state index contributed by atoms with van der Waals surface area (Å²) in [4.78, 5) is 12.1. The number of hydrogen-bond acceptors (Lipinski definition) is 4. The third kappa shape index (κ3) is 2.74. The fourth-order valence-electron chi connectivity index (χ4n) is 1.78. The van der Waals surface area contributed by atoms with Gasteiger partial charge in [-0.2, -0.15) is 5.10 Å². The summed E-state index contributed by atoms with van der Waals surface area (Å²) in [7, 11) is 0. The highest BCUT2D eigenvalue weighted by Crippen LogP contribution is 2.20.